The van der Waals surface area contributed by atoms with Gasteiger partial charge in [0.1, 0.15) is 23.1 Å². The summed E-state index contributed by atoms with van der Waals surface area (Å²) in [5.41, 5.74) is 1.46. The lowest BCUT2D eigenvalue weighted by molar-refractivity contribution is -0.191. The Kier molecular flexibility index (Phi) is 8.42. The topological polar surface area (TPSA) is 68.2 Å². The largest absolute Gasteiger partial charge is 0.508 e. The molecule has 6 nitrogen and oxygen atoms in total. The molecular formula is C30H34ClNO5. The quantitative estimate of drug-likeness (QED) is 0.374. The van der Waals surface area contributed by atoms with Crippen LogP contribution in [0.15, 0.2) is 78.9 Å². The molecule has 196 valence electrons. The maximum absolute atomic E-state index is 13.0. The van der Waals surface area contributed by atoms with Crippen molar-refractivity contribution in [2.75, 3.05) is 13.1 Å². The number of hydrogen-bond acceptors (Lipinski definition) is 5. The molecule has 1 aliphatic heterocycles. The fourth-order valence-electron chi connectivity index (χ4n) is 4.47. The maximum Gasteiger partial charge on any atom is 0.410 e. The average molecular weight is 524 g/mol. The number of aromatic hydroxyl groups is 1. The van der Waals surface area contributed by atoms with Crippen LogP contribution >= 0.6 is 11.6 Å². The van der Waals surface area contributed by atoms with E-state index in [0.717, 1.165) is 16.7 Å². The van der Waals surface area contributed by atoms with Crippen LogP contribution in [0.25, 0.3) is 0 Å². The molecule has 1 amide bonds. The van der Waals surface area contributed by atoms with Gasteiger partial charge in [-0.2, -0.15) is 0 Å². The van der Waals surface area contributed by atoms with Gasteiger partial charge in [0, 0.05) is 18.0 Å². The van der Waals surface area contributed by atoms with Crippen molar-refractivity contribution in [1.82, 2.24) is 4.90 Å². The summed E-state index contributed by atoms with van der Waals surface area (Å²) in [4.78, 5) is 14.7. The number of carbonyl (C=O) groups excluding carboxylic acids is 1. The van der Waals surface area contributed by atoms with Crippen LogP contribution in [0.3, 0.4) is 0 Å². The smallest absolute Gasteiger partial charge is 0.410 e. The minimum absolute atomic E-state index is 0.194. The highest BCUT2D eigenvalue weighted by Crippen LogP contribution is 2.41. The summed E-state index contributed by atoms with van der Waals surface area (Å²) in [6, 6.07) is 24.5. The molecule has 37 heavy (non-hydrogen) atoms. The van der Waals surface area contributed by atoms with Gasteiger partial charge in [0.05, 0.1) is 19.8 Å². The fourth-order valence-corrected chi connectivity index (χ4v) is 4.59. The van der Waals surface area contributed by atoms with Gasteiger partial charge >= 0.3 is 6.09 Å². The number of likely N-dealkylation sites (tertiary alicyclic amines) is 1. The van der Waals surface area contributed by atoms with Gasteiger partial charge in [-0.3, -0.25) is 0 Å². The van der Waals surface area contributed by atoms with E-state index >= 15 is 0 Å². The van der Waals surface area contributed by atoms with E-state index in [1.807, 2.05) is 87.5 Å². The third kappa shape index (κ3) is 7.04. The number of nitrogens with zero attached hydrogens (tertiary/aromatic N) is 1. The Labute approximate surface area is 223 Å². The molecule has 4 rings (SSSR count). The summed E-state index contributed by atoms with van der Waals surface area (Å²) in [5, 5.41) is 10.3. The molecule has 1 N–H and O–H groups in total. The van der Waals surface area contributed by atoms with Gasteiger partial charge < -0.3 is 24.2 Å². The van der Waals surface area contributed by atoms with Crippen molar-refractivity contribution >= 4 is 17.7 Å². The number of benzene rings is 3. The second-order valence-corrected chi connectivity index (χ2v) is 10.7. The predicted molar refractivity (Wildman–Crippen MR) is 143 cm³/mol. The predicted octanol–water partition coefficient (Wildman–Crippen LogP) is 6.68. The highest BCUT2D eigenvalue weighted by atomic mass is 35.5. The second-order valence-electron chi connectivity index (χ2n) is 10.3. The van der Waals surface area contributed by atoms with Crippen molar-refractivity contribution in [2.24, 2.45) is 0 Å². The minimum atomic E-state index is -0.824. The average Bonchev–Trinajstić information content (AvgIpc) is 2.87. The molecular weight excluding hydrogens is 490 g/mol. The number of rotatable bonds is 7. The normalized spacial score (nSPS) is 20.0. The molecule has 0 bridgehead atoms. The van der Waals surface area contributed by atoms with Gasteiger partial charge in [-0.05, 0) is 61.7 Å². The molecule has 0 aromatic heterocycles. The minimum Gasteiger partial charge on any atom is -0.508 e. The van der Waals surface area contributed by atoms with Crippen molar-refractivity contribution in [3.63, 3.8) is 0 Å². The molecule has 3 aromatic rings. The van der Waals surface area contributed by atoms with Crippen LogP contribution in [0.2, 0.25) is 5.02 Å². The van der Waals surface area contributed by atoms with E-state index in [9.17, 15) is 9.90 Å². The summed E-state index contributed by atoms with van der Waals surface area (Å²) >= 11 is 6.22. The second kappa shape index (κ2) is 11.5. The molecule has 1 fully saturated rings. The van der Waals surface area contributed by atoms with E-state index in [-0.39, 0.29) is 18.4 Å². The summed E-state index contributed by atoms with van der Waals surface area (Å²) < 4.78 is 18.9. The summed E-state index contributed by atoms with van der Waals surface area (Å²) in [5.74, 6) is 0.194. The Morgan fingerprint density at radius 2 is 1.62 bits per heavy atom. The number of ether oxygens (including phenoxy) is 3. The Morgan fingerprint density at radius 1 is 0.973 bits per heavy atom. The van der Waals surface area contributed by atoms with Crippen LogP contribution < -0.4 is 0 Å². The van der Waals surface area contributed by atoms with Crippen molar-refractivity contribution in [2.45, 2.75) is 57.7 Å². The van der Waals surface area contributed by atoms with Crippen LogP contribution in [0.4, 0.5) is 4.79 Å². The van der Waals surface area contributed by atoms with E-state index in [1.54, 1.807) is 17.0 Å². The zero-order chi connectivity index (χ0) is 26.5. The lowest BCUT2D eigenvalue weighted by atomic mass is 9.81. The highest BCUT2D eigenvalue weighted by molar-refractivity contribution is 6.30. The first-order valence-electron chi connectivity index (χ1n) is 12.5. The van der Waals surface area contributed by atoms with Crippen molar-refractivity contribution in [3.8, 4) is 5.75 Å². The zero-order valence-corrected chi connectivity index (χ0v) is 22.3. The number of hydrogen-bond donors (Lipinski definition) is 1. The van der Waals surface area contributed by atoms with E-state index in [4.69, 9.17) is 25.8 Å². The lowest BCUT2D eigenvalue weighted by Crippen LogP contribution is -2.57. The first-order chi connectivity index (χ1) is 17.6. The van der Waals surface area contributed by atoms with Crippen molar-refractivity contribution < 1.29 is 24.1 Å². The number of piperidine rings is 1. The van der Waals surface area contributed by atoms with Gasteiger partial charge in [-0.1, -0.05) is 66.2 Å². The molecule has 2 atom stereocenters. The molecule has 0 spiro atoms. The van der Waals surface area contributed by atoms with Crippen LogP contribution in [-0.2, 0) is 33.0 Å². The third-order valence-electron chi connectivity index (χ3n) is 6.37. The van der Waals surface area contributed by atoms with Gasteiger partial charge in [-0.15, -0.1) is 0 Å². The third-order valence-corrected chi connectivity index (χ3v) is 6.62. The van der Waals surface area contributed by atoms with Crippen molar-refractivity contribution in [1.29, 1.82) is 0 Å². The van der Waals surface area contributed by atoms with E-state index in [0.29, 0.717) is 31.1 Å². The van der Waals surface area contributed by atoms with Crippen LogP contribution in [-0.4, -0.2) is 40.9 Å². The zero-order valence-electron chi connectivity index (χ0n) is 21.5. The van der Waals surface area contributed by atoms with Gasteiger partial charge in [0.2, 0.25) is 0 Å². The van der Waals surface area contributed by atoms with Gasteiger partial charge in [0.25, 0.3) is 0 Å². The number of phenolic OH excluding ortho intramolecular Hbond substituents is 1. The van der Waals surface area contributed by atoms with E-state index in [1.165, 1.54) is 0 Å². The SMILES string of the molecule is CC(C)(C)OC(=O)N1CC[C@@](OCc2ccccc2)(c2ccc(Cl)cc2)[C@H](OCc2ccc(O)cc2)C1. The van der Waals surface area contributed by atoms with Crippen LogP contribution in [0.1, 0.15) is 43.9 Å². The number of amides is 1. The van der Waals surface area contributed by atoms with Gasteiger partial charge in [-0.25, -0.2) is 4.79 Å². The maximum atomic E-state index is 13.0. The number of phenols is 1. The van der Waals surface area contributed by atoms with E-state index in [2.05, 4.69) is 0 Å². The molecule has 3 aromatic carbocycles. The van der Waals surface area contributed by atoms with Crippen LogP contribution in [0, 0.1) is 0 Å². The Bertz CT molecular complexity index is 1160. The van der Waals surface area contributed by atoms with Crippen LogP contribution in [0.5, 0.6) is 5.75 Å². The number of carbonyl (C=O) groups is 1. The number of halogens is 1. The van der Waals surface area contributed by atoms with Gasteiger partial charge in [0.15, 0.2) is 0 Å². The molecule has 7 heteroatoms. The first-order valence-corrected chi connectivity index (χ1v) is 12.8. The fraction of sp³-hybridized carbons (Fsp3) is 0.367. The highest BCUT2D eigenvalue weighted by Gasteiger charge is 2.48. The Morgan fingerprint density at radius 3 is 2.27 bits per heavy atom. The van der Waals surface area contributed by atoms with E-state index < -0.39 is 17.3 Å². The first kappa shape index (κ1) is 27.0. The lowest BCUT2D eigenvalue weighted by Gasteiger charge is -2.47. The molecule has 0 saturated carbocycles. The molecule has 1 saturated heterocycles. The Balaban J connectivity index is 1.66. The molecule has 0 radical (unpaired) electrons. The molecule has 0 unspecified atom stereocenters. The summed E-state index contributed by atoms with van der Waals surface area (Å²) in [6.45, 7) is 6.99. The molecule has 1 heterocycles. The Hall–Kier alpha value is -3.06. The summed E-state index contributed by atoms with van der Waals surface area (Å²) in [6.07, 6.45) is -0.355. The molecule has 1 aliphatic rings. The molecule has 0 aliphatic carbocycles. The monoisotopic (exact) mass is 523 g/mol. The van der Waals surface area contributed by atoms with Crippen molar-refractivity contribution in [3.05, 3.63) is 101 Å². The standard InChI is InChI=1S/C30H34ClNO5/c1-29(2,3)37-28(34)32-18-17-30(24-11-13-25(31)14-12-24,36-21-22-7-5-4-6-8-22)27(19-32)35-20-23-9-15-26(33)16-10-23/h4-16,27,33H,17-21H2,1-3H3/t27-,30-/m1/s1. The summed E-state index contributed by atoms with van der Waals surface area (Å²) in [7, 11) is 0.